The minimum atomic E-state index is -0.516. The molecule has 1 aromatic rings. The monoisotopic (exact) mass is 235 g/mol. The minimum absolute atomic E-state index is 0.106. The topological polar surface area (TPSA) is 72.5 Å². The van der Waals surface area contributed by atoms with E-state index in [0.29, 0.717) is 16.9 Å². The summed E-state index contributed by atoms with van der Waals surface area (Å²) in [7, 11) is 0. The Labute approximate surface area is 100 Å². The number of rotatable bonds is 4. The molecule has 1 saturated carbocycles. The van der Waals surface area contributed by atoms with Crippen LogP contribution in [0.5, 0.6) is 5.75 Å². The van der Waals surface area contributed by atoms with Crippen LogP contribution in [0.2, 0.25) is 0 Å². The van der Waals surface area contributed by atoms with Crippen LogP contribution in [-0.2, 0) is 6.61 Å². The van der Waals surface area contributed by atoms with Gasteiger partial charge in [-0.3, -0.25) is 4.79 Å². The fourth-order valence-corrected chi connectivity index (χ4v) is 1.93. The van der Waals surface area contributed by atoms with Crippen LogP contribution in [0.3, 0.4) is 0 Å². The fourth-order valence-electron chi connectivity index (χ4n) is 1.93. The minimum Gasteiger partial charge on any atom is -0.489 e. The number of aliphatic hydroxyl groups excluding tert-OH is 1. The Balaban J connectivity index is 2.36. The van der Waals surface area contributed by atoms with E-state index in [1.165, 1.54) is 6.42 Å². The highest BCUT2D eigenvalue weighted by Crippen LogP contribution is 2.31. The largest absolute Gasteiger partial charge is 0.489 e. The molecule has 1 fully saturated rings. The molecular weight excluding hydrogens is 218 g/mol. The van der Waals surface area contributed by atoms with Gasteiger partial charge in [0, 0.05) is 0 Å². The molecular formula is C13H17NO3. The second-order valence-electron chi connectivity index (χ2n) is 4.48. The molecule has 1 aliphatic carbocycles. The van der Waals surface area contributed by atoms with Gasteiger partial charge in [0.15, 0.2) is 0 Å². The van der Waals surface area contributed by atoms with Crippen LogP contribution in [0, 0.1) is 6.92 Å². The van der Waals surface area contributed by atoms with Gasteiger partial charge in [0.2, 0.25) is 0 Å². The molecule has 3 N–H and O–H groups in total. The Morgan fingerprint density at radius 3 is 2.71 bits per heavy atom. The molecule has 0 aromatic heterocycles. The molecule has 0 unspecified atom stereocenters. The lowest BCUT2D eigenvalue weighted by Gasteiger charge is -2.28. The van der Waals surface area contributed by atoms with Gasteiger partial charge in [0.05, 0.1) is 18.3 Å². The van der Waals surface area contributed by atoms with Gasteiger partial charge in [-0.2, -0.15) is 0 Å². The zero-order chi connectivity index (χ0) is 12.4. The van der Waals surface area contributed by atoms with Gasteiger partial charge in [-0.05, 0) is 43.4 Å². The van der Waals surface area contributed by atoms with E-state index >= 15 is 0 Å². The van der Waals surface area contributed by atoms with Crippen LogP contribution in [0.25, 0.3) is 0 Å². The molecule has 4 nitrogen and oxygen atoms in total. The van der Waals surface area contributed by atoms with Crippen molar-refractivity contribution in [3.63, 3.8) is 0 Å². The Kier molecular flexibility index (Phi) is 3.33. The molecule has 0 aliphatic heterocycles. The van der Waals surface area contributed by atoms with Crippen molar-refractivity contribution in [2.45, 2.75) is 38.9 Å². The number of hydrogen-bond donors (Lipinski definition) is 2. The Bertz CT molecular complexity index is 439. The average molecular weight is 235 g/mol. The van der Waals surface area contributed by atoms with Gasteiger partial charge in [0.1, 0.15) is 5.75 Å². The Morgan fingerprint density at radius 2 is 2.24 bits per heavy atom. The first-order chi connectivity index (χ1) is 8.11. The summed E-state index contributed by atoms with van der Waals surface area (Å²) in [5.74, 6) is 0.0529. The maximum atomic E-state index is 11.4. The lowest BCUT2D eigenvalue weighted by atomic mass is 9.95. The number of carbonyl (C=O) groups is 1. The highest BCUT2D eigenvalue weighted by Gasteiger charge is 2.23. The number of nitrogens with two attached hydrogens (primary N) is 1. The van der Waals surface area contributed by atoms with Crippen molar-refractivity contribution in [1.82, 2.24) is 0 Å². The van der Waals surface area contributed by atoms with Crippen molar-refractivity contribution in [3.8, 4) is 5.75 Å². The predicted octanol–water partition coefficient (Wildman–Crippen LogP) is 1.52. The molecule has 17 heavy (non-hydrogen) atoms. The third-order valence-electron chi connectivity index (χ3n) is 3.12. The van der Waals surface area contributed by atoms with E-state index < -0.39 is 5.91 Å². The summed E-state index contributed by atoms with van der Waals surface area (Å²) in [6.07, 6.45) is 3.43. The van der Waals surface area contributed by atoms with Crippen molar-refractivity contribution in [3.05, 3.63) is 28.8 Å². The van der Waals surface area contributed by atoms with Crippen LogP contribution in [0.1, 0.15) is 40.7 Å². The van der Waals surface area contributed by atoms with E-state index in [-0.39, 0.29) is 12.7 Å². The predicted molar refractivity (Wildman–Crippen MR) is 63.9 cm³/mol. The molecule has 1 aromatic carbocycles. The number of carbonyl (C=O) groups excluding carboxylic acids is 1. The third kappa shape index (κ3) is 2.42. The lowest BCUT2D eigenvalue weighted by molar-refractivity contribution is 0.0969. The van der Waals surface area contributed by atoms with Crippen LogP contribution < -0.4 is 10.5 Å². The van der Waals surface area contributed by atoms with E-state index in [4.69, 9.17) is 15.6 Å². The number of ether oxygens (including phenoxy) is 1. The molecule has 0 bridgehead atoms. The van der Waals surface area contributed by atoms with Crippen molar-refractivity contribution in [2.75, 3.05) is 0 Å². The molecule has 0 spiro atoms. The molecule has 0 heterocycles. The van der Waals surface area contributed by atoms with Gasteiger partial charge < -0.3 is 15.6 Å². The number of aryl methyl sites for hydroxylation is 1. The van der Waals surface area contributed by atoms with Crippen LogP contribution in [0.4, 0.5) is 0 Å². The van der Waals surface area contributed by atoms with E-state index in [1.54, 1.807) is 6.07 Å². The quantitative estimate of drug-likeness (QED) is 0.831. The highest BCUT2D eigenvalue weighted by molar-refractivity contribution is 5.96. The SMILES string of the molecule is Cc1cc(CO)cc(C(N)=O)c1OC1CCC1. The smallest absolute Gasteiger partial charge is 0.252 e. The van der Waals surface area contributed by atoms with Crippen molar-refractivity contribution in [2.24, 2.45) is 5.73 Å². The van der Waals surface area contributed by atoms with E-state index in [9.17, 15) is 4.79 Å². The molecule has 92 valence electrons. The molecule has 4 heteroatoms. The van der Waals surface area contributed by atoms with Gasteiger partial charge in [-0.1, -0.05) is 6.07 Å². The molecule has 2 rings (SSSR count). The van der Waals surface area contributed by atoms with Crippen LogP contribution >= 0.6 is 0 Å². The summed E-state index contributed by atoms with van der Waals surface area (Å²) < 4.78 is 5.79. The molecule has 1 amide bonds. The second-order valence-corrected chi connectivity index (χ2v) is 4.48. The molecule has 1 aliphatic rings. The van der Waals surface area contributed by atoms with Gasteiger partial charge in [-0.25, -0.2) is 0 Å². The first-order valence-electron chi connectivity index (χ1n) is 5.82. The summed E-state index contributed by atoms with van der Waals surface area (Å²) in [4.78, 5) is 11.4. The average Bonchev–Trinajstić information content (AvgIpc) is 2.23. The number of benzene rings is 1. The normalized spacial score (nSPS) is 15.4. The number of primary amides is 1. The lowest BCUT2D eigenvalue weighted by Crippen LogP contribution is -2.26. The summed E-state index contributed by atoms with van der Waals surface area (Å²) in [6.45, 7) is 1.75. The maximum absolute atomic E-state index is 11.4. The Hall–Kier alpha value is -1.55. The number of amides is 1. The highest BCUT2D eigenvalue weighted by atomic mass is 16.5. The first-order valence-corrected chi connectivity index (χ1v) is 5.82. The fraction of sp³-hybridized carbons (Fsp3) is 0.462. The van der Waals surface area contributed by atoms with E-state index in [2.05, 4.69) is 0 Å². The zero-order valence-electron chi connectivity index (χ0n) is 9.90. The molecule has 0 atom stereocenters. The summed E-state index contributed by atoms with van der Waals surface area (Å²) in [5.41, 5.74) is 7.23. The number of hydrogen-bond acceptors (Lipinski definition) is 3. The van der Waals surface area contributed by atoms with Gasteiger partial charge in [0.25, 0.3) is 5.91 Å². The third-order valence-corrected chi connectivity index (χ3v) is 3.12. The summed E-state index contributed by atoms with van der Waals surface area (Å²) in [6, 6.07) is 3.42. The van der Waals surface area contributed by atoms with Crippen LogP contribution in [-0.4, -0.2) is 17.1 Å². The second kappa shape index (κ2) is 4.75. The maximum Gasteiger partial charge on any atom is 0.252 e. The first kappa shape index (κ1) is 11.9. The van der Waals surface area contributed by atoms with Crippen molar-refractivity contribution >= 4 is 5.91 Å². The van der Waals surface area contributed by atoms with Crippen molar-refractivity contribution < 1.29 is 14.6 Å². The Morgan fingerprint density at radius 1 is 1.53 bits per heavy atom. The van der Waals surface area contributed by atoms with Crippen molar-refractivity contribution in [1.29, 1.82) is 0 Å². The van der Waals surface area contributed by atoms with Crippen LogP contribution in [0.15, 0.2) is 12.1 Å². The van der Waals surface area contributed by atoms with E-state index in [1.807, 2.05) is 13.0 Å². The van der Waals surface area contributed by atoms with Gasteiger partial charge in [-0.15, -0.1) is 0 Å². The molecule has 0 radical (unpaired) electrons. The van der Waals surface area contributed by atoms with Gasteiger partial charge >= 0.3 is 0 Å². The molecule has 0 saturated heterocycles. The zero-order valence-corrected chi connectivity index (χ0v) is 9.90. The standard InChI is InChI=1S/C13H17NO3/c1-8-5-9(7-15)6-11(13(14)16)12(8)17-10-3-2-4-10/h5-6,10,15H,2-4,7H2,1H3,(H2,14,16). The summed E-state index contributed by atoms with van der Waals surface area (Å²) in [5, 5.41) is 9.11. The summed E-state index contributed by atoms with van der Waals surface area (Å²) >= 11 is 0. The van der Waals surface area contributed by atoms with E-state index in [0.717, 1.165) is 18.4 Å². The number of aliphatic hydroxyl groups is 1.